The Morgan fingerprint density at radius 3 is 2.52 bits per heavy atom. The molecule has 0 amide bonds. The van der Waals surface area contributed by atoms with Crippen molar-refractivity contribution in [1.82, 2.24) is 5.32 Å². The van der Waals surface area contributed by atoms with E-state index in [4.69, 9.17) is 44.3 Å². The molecule has 0 radical (unpaired) electrons. The number of benzene rings is 2. The van der Waals surface area contributed by atoms with E-state index in [2.05, 4.69) is 5.32 Å². The number of methoxy groups -OCH3 is 1. The molecule has 0 aromatic heterocycles. The number of halogens is 3. The molecule has 0 bridgehead atoms. The third kappa shape index (κ3) is 5.94. The van der Waals surface area contributed by atoms with Crippen LogP contribution in [0.2, 0.25) is 15.1 Å². The van der Waals surface area contributed by atoms with Gasteiger partial charge in [-0.3, -0.25) is 0 Å². The van der Waals surface area contributed by atoms with Gasteiger partial charge in [-0.2, -0.15) is 0 Å². The molecule has 0 heterocycles. The average Bonchev–Trinajstić information content (AvgIpc) is 2.54. The summed E-state index contributed by atoms with van der Waals surface area (Å²) in [6.07, 6.45) is -0.413. The molecule has 2 rings (SSSR count). The highest BCUT2D eigenvalue weighted by molar-refractivity contribution is 6.35. The molecule has 7 heteroatoms. The van der Waals surface area contributed by atoms with Crippen molar-refractivity contribution in [1.29, 1.82) is 0 Å². The predicted molar refractivity (Wildman–Crippen MR) is 102 cm³/mol. The Labute approximate surface area is 162 Å². The van der Waals surface area contributed by atoms with Crippen LogP contribution in [0, 0.1) is 0 Å². The van der Waals surface area contributed by atoms with E-state index in [0.29, 0.717) is 39.7 Å². The topological polar surface area (TPSA) is 50.7 Å². The summed E-state index contributed by atoms with van der Waals surface area (Å²) in [4.78, 5) is 0. The second-order valence-electron chi connectivity index (χ2n) is 5.61. The lowest BCUT2D eigenvalue weighted by atomic mass is 10.2. The normalized spacial score (nSPS) is 12.1. The third-order valence-corrected chi connectivity index (χ3v) is 4.31. The molecule has 1 atom stereocenters. The van der Waals surface area contributed by atoms with Crippen LogP contribution >= 0.6 is 34.8 Å². The fourth-order valence-electron chi connectivity index (χ4n) is 2.23. The minimum absolute atomic E-state index is 0.242. The lowest BCUT2D eigenvalue weighted by molar-refractivity contribution is 0.191. The van der Waals surface area contributed by atoms with Crippen LogP contribution in [0.5, 0.6) is 11.5 Å². The molecule has 0 saturated carbocycles. The molecule has 0 aliphatic heterocycles. The second kappa shape index (κ2) is 9.51. The molecule has 0 aliphatic rings. The molecule has 2 N–H and O–H groups in total. The maximum Gasteiger partial charge on any atom is 0.180 e. The summed E-state index contributed by atoms with van der Waals surface area (Å²) in [7, 11) is 1.56. The molecule has 25 heavy (non-hydrogen) atoms. The highest BCUT2D eigenvalue weighted by Crippen LogP contribution is 2.37. The minimum Gasteiger partial charge on any atom is -0.493 e. The van der Waals surface area contributed by atoms with Crippen molar-refractivity contribution in [3.8, 4) is 11.5 Å². The second-order valence-corrected chi connectivity index (χ2v) is 6.86. The molecule has 0 spiro atoms. The van der Waals surface area contributed by atoms with Crippen LogP contribution in [-0.2, 0) is 13.2 Å². The van der Waals surface area contributed by atoms with Crippen molar-refractivity contribution < 1.29 is 14.6 Å². The maximum absolute atomic E-state index is 9.30. The molecule has 2 aromatic rings. The van der Waals surface area contributed by atoms with Crippen molar-refractivity contribution in [3.05, 3.63) is 56.5 Å². The van der Waals surface area contributed by atoms with E-state index in [-0.39, 0.29) is 6.61 Å². The molecular weight excluding hydrogens is 385 g/mol. The van der Waals surface area contributed by atoms with E-state index in [1.807, 2.05) is 6.07 Å². The van der Waals surface area contributed by atoms with Gasteiger partial charge >= 0.3 is 0 Å². The van der Waals surface area contributed by atoms with Gasteiger partial charge in [0.1, 0.15) is 6.61 Å². The molecule has 0 saturated heterocycles. The molecule has 2 aromatic carbocycles. The minimum atomic E-state index is -0.413. The van der Waals surface area contributed by atoms with Crippen LogP contribution in [0.1, 0.15) is 18.1 Å². The van der Waals surface area contributed by atoms with Gasteiger partial charge in [0.25, 0.3) is 0 Å². The van der Waals surface area contributed by atoms with Crippen LogP contribution in [-0.4, -0.2) is 24.9 Å². The van der Waals surface area contributed by atoms with Crippen LogP contribution in [0.3, 0.4) is 0 Å². The van der Waals surface area contributed by atoms with Gasteiger partial charge in [0.05, 0.1) is 18.2 Å². The van der Waals surface area contributed by atoms with E-state index in [1.54, 1.807) is 38.3 Å². The maximum atomic E-state index is 9.30. The molecule has 0 fully saturated rings. The largest absolute Gasteiger partial charge is 0.493 e. The summed E-state index contributed by atoms with van der Waals surface area (Å²) >= 11 is 18.4. The van der Waals surface area contributed by atoms with Crippen LogP contribution in [0.4, 0.5) is 0 Å². The first-order valence-electron chi connectivity index (χ1n) is 7.72. The summed E-state index contributed by atoms with van der Waals surface area (Å²) < 4.78 is 11.2. The number of ether oxygens (including phenoxy) is 2. The number of hydrogen-bond donors (Lipinski definition) is 2. The zero-order chi connectivity index (χ0) is 18.4. The van der Waals surface area contributed by atoms with Gasteiger partial charge in [-0.1, -0.05) is 40.9 Å². The van der Waals surface area contributed by atoms with Crippen molar-refractivity contribution >= 4 is 34.8 Å². The van der Waals surface area contributed by atoms with Gasteiger partial charge in [-0.05, 0) is 36.8 Å². The van der Waals surface area contributed by atoms with E-state index < -0.39 is 6.10 Å². The Morgan fingerprint density at radius 1 is 1.12 bits per heavy atom. The first-order valence-corrected chi connectivity index (χ1v) is 8.86. The number of hydrogen-bond acceptors (Lipinski definition) is 4. The lowest BCUT2D eigenvalue weighted by Gasteiger charge is -2.15. The van der Waals surface area contributed by atoms with E-state index >= 15 is 0 Å². The van der Waals surface area contributed by atoms with Crippen molar-refractivity contribution in [2.45, 2.75) is 26.2 Å². The first kappa shape index (κ1) is 20.1. The summed E-state index contributed by atoms with van der Waals surface area (Å²) in [5, 5.41) is 14.0. The van der Waals surface area contributed by atoms with Crippen molar-refractivity contribution in [3.63, 3.8) is 0 Å². The molecule has 136 valence electrons. The summed E-state index contributed by atoms with van der Waals surface area (Å²) in [5.41, 5.74) is 1.73. The lowest BCUT2D eigenvalue weighted by Crippen LogP contribution is -2.23. The Balaban J connectivity index is 2.11. The number of rotatable bonds is 8. The number of nitrogens with one attached hydrogen (secondary N) is 1. The zero-order valence-electron chi connectivity index (χ0n) is 14.0. The Kier molecular flexibility index (Phi) is 7.66. The van der Waals surface area contributed by atoms with E-state index in [9.17, 15) is 5.11 Å². The van der Waals surface area contributed by atoms with Gasteiger partial charge in [0.15, 0.2) is 11.5 Å². The monoisotopic (exact) mass is 403 g/mol. The van der Waals surface area contributed by atoms with Gasteiger partial charge in [-0.15, -0.1) is 0 Å². The van der Waals surface area contributed by atoms with Crippen molar-refractivity contribution in [2.75, 3.05) is 13.7 Å². The van der Waals surface area contributed by atoms with Crippen LogP contribution in [0.15, 0.2) is 30.3 Å². The molecule has 4 nitrogen and oxygen atoms in total. The highest BCUT2D eigenvalue weighted by atomic mass is 35.5. The molecule has 1 unspecified atom stereocenters. The van der Waals surface area contributed by atoms with Crippen molar-refractivity contribution in [2.24, 2.45) is 0 Å². The van der Waals surface area contributed by atoms with E-state index in [1.165, 1.54) is 0 Å². The standard InChI is InChI=1S/C18H20Cl3NO3/c1-11(23)8-22-9-12-5-16(21)18(17(6-12)24-2)25-10-13-3-4-14(19)7-15(13)20/h3-7,11,22-23H,8-10H2,1-2H3. The fourth-order valence-corrected chi connectivity index (χ4v) is 2.98. The third-order valence-electron chi connectivity index (χ3n) is 3.45. The van der Waals surface area contributed by atoms with E-state index in [0.717, 1.165) is 11.1 Å². The number of aliphatic hydroxyl groups is 1. The number of aliphatic hydroxyl groups excluding tert-OH is 1. The van der Waals surface area contributed by atoms with Gasteiger partial charge in [0.2, 0.25) is 0 Å². The fraction of sp³-hybridized carbons (Fsp3) is 0.333. The van der Waals surface area contributed by atoms with Gasteiger partial charge < -0.3 is 19.9 Å². The quantitative estimate of drug-likeness (QED) is 0.669. The SMILES string of the molecule is COc1cc(CNCC(C)O)cc(Cl)c1OCc1ccc(Cl)cc1Cl. The Bertz CT molecular complexity index is 723. The molecule has 0 aliphatic carbocycles. The summed E-state index contributed by atoms with van der Waals surface area (Å²) in [6.45, 7) is 3.02. The van der Waals surface area contributed by atoms with Gasteiger partial charge in [-0.25, -0.2) is 0 Å². The Morgan fingerprint density at radius 2 is 1.88 bits per heavy atom. The first-order chi connectivity index (χ1) is 11.9. The Hall–Kier alpha value is -1.17. The smallest absolute Gasteiger partial charge is 0.180 e. The van der Waals surface area contributed by atoms with Crippen LogP contribution < -0.4 is 14.8 Å². The average molecular weight is 405 g/mol. The summed E-state index contributed by atoms with van der Waals surface area (Å²) in [5.74, 6) is 0.987. The summed E-state index contributed by atoms with van der Waals surface area (Å²) in [6, 6.07) is 8.87. The van der Waals surface area contributed by atoms with Crippen LogP contribution in [0.25, 0.3) is 0 Å². The van der Waals surface area contributed by atoms with Gasteiger partial charge in [0, 0.05) is 28.7 Å². The highest BCUT2D eigenvalue weighted by Gasteiger charge is 2.13. The zero-order valence-corrected chi connectivity index (χ0v) is 16.3. The predicted octanol–water partition coefficient (Wildman–Crippen LogP) is 4.70. The molecular formula is C18H20Cl3NO3.